The number of halogens is 1. The largest absolute Gasteiger partial charge is 0.369 e. The molecule has 0 fully saturated rings. The Balaban J connectivity index is 2.05. The third-order valence-electron chi connectivity index (χ3n) is 3.36. The van der Waals surface area contributed by atoms with E-state index in [0.29, 0.717) is 11.1 Å². The Bertz CT molecular complexity index is 582. The second-order valence-corrected chi connectivity index (χ2v) is 5.54. The second kappa shape index (κ2) is 6.71. The van der Waals surface area contributed by atoms with Crippen LogP contribution in [-0.4, -0.2) is 16.5 Å². The van der Waals surface area contributed by atoms with Crippen LogP contribution in [0, 0.1) is 6.92 Å². The van der Waals surface area contributed by atoms with Crippen LogP contribution in [-0.2, 0) is 6.42 Å². The zero-order valence-corrected chi connectivity index (χ0v) is 12.9. The van der Waals surface area contributed by atoms with Crippen molar-refractivity contribution < 1.29 is 0 Å². The van der Waals surface area contributed by atoms with Crippen molar-refractivity contribution in [2.75, 3.05) is 11.9 Å². The molecule has 0 aliphatic carbocycles. The average Bonchev–Trinajstić information content (AvgIpc) is 2.40. The molecule has 0 atom stereocenters. The lowest BCUT2D eigenvalue weighted by molar-refractivity contribution is 0.842. The van der Waals surface area contributed by atoms with Crippen LogP contribution in [0.3, 0.4) is 0 Å². The number of rotatable bonds is 5. The topological polar surface area (TPSA) is 37.8 Å². The van der Waals surface area contributed by atoms with Crippen LogP contribution < -0.4 is 5.32 Å². The number of hydrogen-bond donors (Lipinski definition) is 1. The molecule has 1 aromatic heterocycles. The van der Waals surface area contributed by atoms with E-state index >= 15 is 0 Å². The number of benzene rings is 1. The molecule has 1 heterocycles. The molecule has 0 saturated carbocycles. The highest BCUT2D eigenvalue weighted by Gasteiger charge is 2.13. The summed E-state index contributed by atoms with van der Waals surface area (Å²) in [6.45, 7) is 7.16. The molecule has 0 unspecified atom stereocenters. The van der Waals surface area contributed by atoms with Crippen LogP contribution in [0.4, 0.5) is 5.82 Å². The molecule has 1 aromatic carbocycles. The first-order chi connectivity index (χ1) is 9.59. The highest BCUT2D eigenvalue weighted by atomic mass is 35.5. The van der Waals surface area contributed by atoms with Crippen molar-refractivity contribution in [2.24, 2.45) is 0 Å². The summed E-state index contributed by atoms with van der Waals surface area (Å²) in [6.07, 6.45) is 2.47. The van der Waals surface area contributed by atoms with E-state index in [2.05, 4.69) is 60.3 Å². The van der Waals surface area contributed by atoms with Gasteiger partial charge < -0.3 is 5.32 Å². The molecule has 0 aliphatic heterocycles. The van der Waals surface area contributed by atoms with Gasteiger partial charge in [-0.3, -0.25) is 0 Å². The zero-order chi connectivity index (χ0) is 14.5. The smallest absolute Gasteiger partial charge is 0.138 e. The van der Waals surface area contributed by atoms with Gasteiger partial charge in [-0.15, -0.1) is 0 Å². The molecular weight excluding hydrogens is 270 g/mol. The van der Waals surface area contributed by atoms with E-state index in [9.17, 15) is 0 Å². The van der Waals surface area contributed by atoms with Crippen LogP contribution in [0.2, 0.25) is 5.15 Å². The summed E-state index contributed by atoms with van der Waals surface area (Å²) in [6, 6.07) is 8.43. The molecule has 0 bridgehead atoms. The van der Waals surface area contributed by atoms with Crippen LogP contribution in [0.25, 0.3) is 0 Å². The Kier molecular flexibility index (Phi) is 4.96. The molecule has 0 amide bonds. The van der Waals surface area contributed by atoms with E-state index in [1.54, 1.807) is 0 Å². The van der Waals surface area contributed by atoms with E-state index in [1.165, 1.54) is 17.5 Å². The summed E-state index contributed by atoms with van der Waals surface area (Å²) in [5.74, 6) is 1.14. The van der Waals surface area contributed by atoms with Gasteiger partial charge in [0.05, 0.1) is 0 Å². The highest BCUT2D eigenvalue weighted by molar-refractivity contribution is 6.30. The van der Waals surface area contributed by atoms with E-state index < -0.39 is 0 Å². The summed E-state index contributed by atoms with van der Waals surface area (Å²) in [5, 5.41) is 3.91. The van der Waals surface area contributed by atoms with Gasteiger partial charge in [0.2, 0.25) is 0 Å². The maximum Gasteiger partial charge on any atom is 0.138 e. The summed E-state index contributed by atoms with van der Waals surface area (Å²) in [5.41, 5.74) is 3.66. The number of anilines is 1. The fourth-order valence-corrected chi connectivity index (χ4v) is 2.58. The van der Waals surface area contributed by atoms with Gasteiger partial charge in [-0.1, -0.05) is 49.7 Å². The molecule has 2 aromatic rings. The fraction of sp³-hybridized carbons (Fsp3) is 0.375. The van der Waals surface area contributed by atoms with Gasteiger partial charge in [-0.05, 0) is 30.4 Å². The van der Waals surface area contributed by atoms with Crippen molar-refractivity contribution in [2.45, 2.75) is 33.1 Å². The first kappa shape index (κ1) is 14.8. The minimum atomic E-state index is 0.296. The van der Waals surface area contributed by atoms with Gasteiger partial charge in [0.1, 0.15) is 17.3 Å². The molecule has 3 nitrogen and oxygen atoms in total. The van der Waals surface area contributed by atoms with Crippen molar-refractivity contribution in [3.05, 3.63) is 52.4 Å². The standard InChI is InChI=1S/C16H20ClN3/c1-11(2)14-15(17)19-10-20-16(14)18-9-8-13-7-5-4-6-12(13)3/h4-7,10-11H,8-9H2,1-3H3,(H,18,19,20). The molecule has 0 radical (unpaired) electrons. The number of nitrogens with one attached hydrogen (secondary N) is 1. The first-order valence-electron chi connectivity index (χ1n) is 6.88. The lowest BCUT2D eigenvalue weighted by Gasteiger charge is -2.14. The number of aromatic nitrogens is 2. The molecular formula is C16H20ClN3. The Morgan fingerprint density at radius 3 is 2.65 bits per heavy atom. The van der Waals surface area contributed by atoms with Crippen molar-refractivity contribution >= 4 is 17.4 Å². The SMILES string of the molecule is Cc1ccccc1CCNc1ncnc(Cl)c1C(C)C. The quantitative estimate of drug-likeness (QED) is 0.838. The molecule has 2 rings (SSSR count). The lowest BCUT2D eigenvalue weighted by Crippen LogP contribution is -2.10. The molecule has 106 valence electrons. The van der Waals surface area contributed by atoms with Gasteiger partial charge in [0, 0.05) is 12.1 Å². The van der Waals surface area contributed by atoms with Crippen LogP contribution >= 0.6 is 11.6 Å². The van der Waals surface area contributed by atoms with Crippen molar-refractivity contribution in [3.63, 3.8) is 0 Å². The summed E-state index contributed by atoms with van der Waals surface area (Å²) in [7, 11) is 0. The van der Waals surface area contributed by atoms with E-state index in [0.717, 1.165) is 24.3 Å². The number of aryl methyl sites for hydroxylation is 1. The first-order valence-corrected chi connectivity index (χ1v) is 7.26. The van der Waals surface area contributed by atoms with E-state index in [1.807, 2.05) is 0 Å². The van der Waals surface area contributed by atoms with Gasteiger partial charge in [-0.25, -0.2) is 9.97 Å². The van der Waals surface area contributed by atoms with Gasteiger partial charge in [-0.2, -0.15) is 0 Å². The summed E-state index contributed by atoms with van der Waals surface area (Å²) >= 11 is 6.15. The predicted molar refractivity (Wildman–Crippen MR) is 84.5 cm³/mol. The molecule has 0 spiro atoms. The van der Waals surface area contributed by atoms with Gasteiger partial charge in [0.25, 0.3) is 0 Å². The maximum atomic E-state index is 6.15. The van der Waals surface area contributed by atoms with Crippen molar-refractivity contribution in [1.29, 1.82) is 0 Å². The van der Waals surface area contributed by atoms with Crippen LogP contribution in [0.15, 0.2) is 30.6 Å². The van der Waals surface area contributed by atoms with E-state index in [4.69, 9.17) is 11.6 Å². The summed E-state index contributed by atoms with van der Waals surface area (Å²) in [4.78, 5) is 8.36. The Morgan fingerprint density at radius 1 is 1.20 bits per heavy atom. The summed E-state index contributed by atoms with van der Waals surface area (Å²) < 4.78 is 0. The maximum absolute atomic E-state index is 6.15. The third kappa shape index (κ3) is 3.48. The number of hydrogen-bond acceptors (Lipinski definition) is 3. The average molecular weight is 290 g/mol. The molecule has 1 N–H and O–H groups in total. The Hall–Kier alpha value is -1.61. The van der Waals surface area contributed by atoms with Gasteiger partial charge in [0.15, 0.2) is 0 Å². The molecule has 4 heteroatoms. The second-order valence-electron chi connectivity index (χ2n) is 5.18. The lowest BCUT2D eigenvalue weighted by atomic mass is 10.0. The fourth-order valence-electron chi connectivity index (χ4n) is 2.23. The third-order valence-corrected chi connectivity index (χ3v) is 3.66. The zero-order valence-electron chi connectivity index (χ0n) is 12.2. The van der Waals surface area contributed by atoms with Crippen molar-refractivity contribution in [3.8, 4) is 0 Å². The van der Waals surface area contributed by atoms with Crippen LogP contribution in [0.5, 0.6) is 0 Å². The predicted octanol–water partition coefficient (Wildman–Crippen LogP) is 4.22. The highest BCUT2D eigenvalue weighted by Crippen LogP contribution is 2.27. The van der Waals surface area contributed by atoms with Crippen LogP contribution in [0.1, 0.15) is 36.5 Å². The van der Waals surface area contributed by atoms with Gasteiger partial charge >= 0.3 is 0 Å². The number of nitrogens with zero attached hydrogens (tertiary/aromatic N) is 2. The molecule has 0 aliphatic rings. The Morgan fingerprint density at radius 2 is 1.95 bits per heavy atom. The molecule has 20 heavy (non-hydrogen) atoms. The normalized spacial score (nSPS) is 10.8. The van der Waals surface area contributed by atoms with Crippen molar-refractivity contribution in [1.82, 2.24) is 9.97 Å². The molecule has 0 saturated heterocycles. The Labute approximate surface area is 125 Å². The monoisotopic (exact) mass is 289 g/mol. The minimum Gasteiger partial charge on any atom is -0.369 e. The van der Waals surface area contributed by atoms with E-state index in [-0.39, 0.29) is 0 Å². The minimum absolute atomic E-state index is 0.296.